The molecule has 114 valence electrons. The molecule has 2 rings (SSSR count). The van der Waals surface area contributed by atoms with E-state index in [9.17, 15) is 0 Å². The molecule has 0 amide bonds. The molecule has 4 nitrogen and oxygen atoms in total. The fourth-order valence-electron chi connectivity index (χ4n) is 2.18. The van der Waals surface area contributed by atoms with Crippen molar-refractivity contribution in [3.63, 3.8) is 0 Å². The first kappa shape index (κ1) is 15.7. The maximum Gasteiger partial charge on any atom is 0.231 e. The summed E-state index contributed by atoms with van der Waals surface area (Å²) in [6.07, 6.45) is 1.84. The normalized spacial score (nSPS) is 14.1. The zero-order valence-corrected chi connectivity index (χ0v) is 13.4. The Bertz CT molecular complexity index is 547. The lowest BCUT2D eigenvalue weighted by Crippen LogP contribution is -2.31. The summed E-state index contributed by atoms with van der Waals surface area (Å²) in [5, 5.41) is 7.57. The summed E-state index contributed by atoms with van der Waals surface area (Å²) < 4.78 is 5.42. The van der Waals surface area contributed by atoms with Crippen LogP contribution in [0.25, 0.3) is 0 Å². The fraction of sp³-hybridized carbons (Fsp3) is 0.529. The van der Waals surface area contributed by atoms with Crippen LogP contribution in [0.3, 0.4) is 0 Å². The van der Waals surface area contributed by atoms with E-state index in [-0.39, 0.29) is 5.92 Å². The van der Waals surface area contributed by atoms with Crippen LogP contribution >= 0.6 is 0 Å². The number of aryl methyl sites for hydroxylation is 1. The van der Waals surface area contributed by atoms with Crippen LogP contribution in [0.1, 0.15) is 56.0 Å². The Labute approximate surface area is 127 Å². The van der Waals surface area contributed by atoms with Crippen molar-refractivity contribution in [2.75, 3.05) is 6.54 Å². The lowest BCUT2D eigenvalue weighted by molar-refractivity contribution is 0.328. The first-order valence-corrected chi connectivity index (χ1v) is 7.71. The van der Waals surface area contributed by atoms with Gasteiger partial charge in [-0.1, -0.05) is 48.8 Å². The second kappa shape index (κ2) is 7.36. The predicted octanol–water partition coefficient (Wildman–Crippen LogP) is 3.46. The number of hydrogen-bond donors (Lipinski definition) is 1. The van der Waals surface area contributed by atoms with Crippen molar-refractivity contribution in [3.8, 4) is 0 Å². The largest absolute Gasteiger partial charge is 0.339 e. The fourth-order valence-corrected chi connectivity index (χ4v) is 2.18. The van der Waals surface area contributed by atoms with E-state index in [1.807, 2.05) is 0 Å². The number of benzene rings is 1. The van der Waals surface area contributed by atoms with Crippen LogP contribution in [-0.2, 0) is 6.42 Å². The highest BCUT2D eigenvalue weighted by Crippen LogP contribution is 2.18. The van der Waals surface area contributed by atoms with E-state index in [0.717, 1.165) is 18.8 Å². The number of nitrogens with zero attached hydrogens (tertiary/aromatic N) is 2. The number of aromatic nitrogens is 2. The highest BCUT2D eigenvalue weighted by Gasteiger charge is 2.20. The van der Waals surface area contributed by atoms with E-state index in [2.05, 4.69) is 67.4 Å². The summed E-state index contributed by atoms with van der Waals surface area (Å²) in [5.41, 5.74) is 2.47. The van der Waals surface area contributed by atoms with Gasteiger partial charge in [-0.3, -0.25) is 0 Å². The minimum absolute atomic E-state index is 0.218. The molecule has 0 spiro atoms. The summed E-state index contributed by atoms with van der Waals surface area (Å²) in [6.45, 7) is 9.54. The van der Waals surface area contributed by atoms with Crippen molar-refractivity contribution in [2.24, 2.45) is 0 Å². The average Bonchev–Trinajstić information content (AvgIpc) is 2.95. The molecule has 0 aliphatic rings. The first-order valence-electron chi connectivity index (χ1n) is 7.71. The molecule has 2 unspecified atom stereocenters. The van der Waals surface area contributed by atoms with E-state index >= 15 is 0 Å². The lowest BCUT2D eigenvalue weighted by atomic mass is 10.0. The van der Waals surface area contributed by atoms with Gasteiger partial charge >= 0.3 is 0 Å². The highest BCUT2D eigenvalue weighted by atomic mass is 16.5. The van der Waals surface area contributed by atoms with E-state index in [0.29, 0.717) is 18.4 Å². The van der Waals surface area contributed by atoms with Gasteiger partial charge in [0.15, 0.2) is 5.82 Å². The van der Waals surface area contributed by atoms with E-state index < -0.39 is 0 Å². The third-order valence-electron chi connectivity index (χ3n) is 3.82. The Morgan fingerprint density at radius 2 is 1.90 bits per heavy atom. The van der Waals surface area contributed by atoms with E-state index in [1.54, 1.807) is 0 Å². The van der Waals surface area contributed by atoms with Gasteiger partial charge in [-0.15, -0.1) is 0 Å². The molecule has 2 atom stereocenters. The minimum atomic E-state index is 0.218. The monoisotopic (exact) mass is 287 g/mol. The Morgan fingerprint density at radius 1 is 1.19 bits per heavy atom. The van der Waals surface area contributed by atoms with Crippen LogP contribution < -0.4 is 5.32 Å². The molecule has 1 N–H and O–H groups in total. The summed E-state index contributed by atoms with van der Waals surface area (Å²) in [7, 11) is 0. The third-order valence-corrected chi connectivity index (χ3v) is 3.82. The Balaban J connectivity index is 1.98. The van der Waals surface area contributed by atoms with Crippen LogP contribution in [0.5, 0.6) is 0 Å². The SMILES string of the molecule is CCCNC(C)C(C)c1nc(Cc2ccc(C)cc2)no1. The van der Waals surface area contributed by atoms with Crippen molar-refractivity contribution in [2.45, 2.75) is 52.5 Å². The Morgan fingerprint density at radius 3 is 2.57 bits per heavy atom. The molecule has 0 saturated carbocycles. The molecule has 0 aliphatic carbocycles. The van der Waals surface area contributed by atoms with Gasteiger partial charge in [0.1, 0.15) is 0 Å². The molecule has 0 fully saturated rings. The van der Waals surface area contributed by atoms with Gasteiger partial charge in [-0.25, -0.2) is 0 Å². The van der Waals surface area contributed by atoms with Crippen molar-refractivity contribution < 1.29 is 4.52 Å². The first-order chi connectivity index (χ1) is 10.1. The lowest BCUT2D eigenvalue weighted by Gasteiger charge is -2.17. The Hall–Kier alpha value is -1.68. The Kier molecular flexibility index (Phi) is 5.51. The molecular weight excluding hydrogens is 262 g/mol. The van der Waals surface area contributed by atoms with Crippen LogP contribution in [0.4, 0.5) is 0 Å². The number of hydrogen-bond acceptors (Lipinski definition) is 4. The molecule has 1 aromatic heterocycles. The van der Waals surface area contributed by atoms with Crippen molar-refractivity contribution >= 4 is 0 Å². The van der Waals surface area contributed by atoms with E-state index in [4.69, 9.17) is 4.52 Å². The average molecular weight is 287 g/mol. The molecule has 0 aliphatic heterocycles. The molecule has 1 aromatic carbocycles. The van der Waals surface area contributed by atoms with Crippen molar-refractivity contribution in [1.82, 2.24) is 15.5 Å². The quantitative estimate of drug-likeness (QED) is 0.847. The summed E-state index contributed by atoms with van der Waals surface area (Å²) in [5.74, 6) is 1.69. The van der Waals surface area contributed by atoms with Crippen molar-refractivity contribution in [1.29, 1.82) is 0 Å². The molecule has 0 radical (unpaired) electrons. The second-order valence-corrected chi connectivity index (χ2v) is 5.74. The zero-order chi connectivity index (χ0) is 15.2. The second-order valence-electron chi connectivity index (χ2n) is 5.74. The van der Waals surface area contributed by atoms with Crippen LogP contribution in [0, 0.1) is 6.92 Å². The number of rotatable bonds is 7. The zero-order valence-electron chi connectivity index (χ0n) is 13.4. The highest BCUT2D eigenvalue weighted by molar-refractivity contribution is 5.23. The minimum Gasteiger partial charge on any atom is -0.339 e. The third kappa shape index (κ3) is 4.39. The molecule has 4 heteroatoms. The summed E-state index contributed by atoms with van der Waals surface area (Å²) in [4.78, 5) is 4.54. The van der Waals surface area contributed by atoms with Gasteiger partial charge in [0.25, 0.3) is 0 Å². The van der Waals surface area contributed by atoms with Crippen LogP contribution in [-0.4, -0.2) is 22.7 Å². The summed E-state index contributed by atoms with van der Waals surface area (Å²) >= 11 is 0. The van der Waals surface area contributed by atoms with E-state index in [1.165, 1.54) is 11.1 Å². The molecule has 1 heterocycles. The van der Waals surface area contributed by atoms with Gasteiger partial charge in [0.2, 0.25) is 5.89 Å². The standard InChI is InChI=1S/C17H25N3O/c1-5-10-18-14(4)13(3)17-19-16(20-21-17)11-15-8-6-12(2)7-9-15/h6-9,13-14,18H,5,10-11H2,1-4H3. The van der Waals surface area contributed by atoms with Gasteiger partial charge in [0, 0.05) is 12.5 Å². The van der Waals surface area contributed by atoms with Gasteiger partial charge in [-0.2, -0.15) is 4.98 Å². The topological polar surface area (TPSA) is 51.0 Å². The molecular formula is C17H25N3O. The summed E-state index contributed by atoms with van der Waals surface area (Å²) in [6, 6.07) is 8.77. The van der Waals surface area contributed by atoms with Crippen LogP contribution in [0.2, 0.25) is 0 Å². The maximum atomic E-state index is 5.42. The maximum absolute atomic E-state index is 5.42. The van der Waals surface area contributed by atoms with Crippen LogP contribution in [0.15, 0.2) is 28.8 Å². The molecule has 2 aromatic rings. The molecule has 0 saturated heterocycles. The smallest absolute Gasteiger partial charge is 0.231 e. The van der Waals surface area contributed by atoms with Crippen molar-refractivity contribution in [3.05, 3.63) is 47.1 Å². The van der Waals surface area contributed by atoms with Gasteiger partial charge in [0.05, 0.1) is 5.92 Å². The molecule has 0 bridgehead atoms. The van der Waals surface area contributed by atoms with Gasteiger partial charge < -0.3 is 9.84 Å². The number of nitrogens with one attached hydrogen (secondary N) is 1. The molecule has 21 heavy (non-hydrogen) atoms. The predicted molar refractivity (Wildman–Crippen MR) is 84.5 cm³/mol. The van der Waals surface area contributed by atoms with Gasteiger partial charge in [-0.05, 0) is 32.4 Å².